The van der Waals surface area contributed by atoms with Gasteiger partial charge >= 0.3 is 8.80 Å². The van der Waals surface area contributed by atoms with E-state index in [1.54, 1.807) is 0 Å². The second-order valence-corrected chi connectivity index (χ2v) is 12.7. The molecule has 0 N–H and O–H groups in total. The van der Waals surface area contributed by atoms with E-state index in [0.29, 0.717) is 19.8 Å². The summed E-state index contributed by atoms with van der Waals surface area (Å²) in [5.41, 5.74) is 0. The molecule has 0 saturated carbocycles. The molecule has 0 aliphatic rings. The highest BCUT2D eigenvalue weighted by atomic mass is 28.4. The largest absolute Gasteiger partial charge is 0.500 e. The van der Waals surface area contributed by atoms with Crippen LogP contribution in [0.3, 0.4) is 0 Å². The van der Waals surface area contributed by atoms with E-state index in [9.17, 15) is 0 Å². The quantitative estimate of drug-likeness (QED) is 0.0804. The molecule has 0 aromatic heterocycles. The zero-order valence-corrected chi connectivity index (χ0v) is 26.1. The highest BCUT2D eigenvalue weighted by Gasteiger charge is 2.39. The fourth-order valence-electron chi connectivity index (χ4n) is 4.49. The van der Waals surface area contributed by atoms with Crippen LogP contribution in [0.15, 0.2) is 0 Å². The Morgan fingerprint density at radius 2 is 0.686 bits per heavy atom. The minimum atomic E-state index is -2.39. The number of rotatable bonds is 27. The third-order valence-electron chi connectivity index (χ3n) is 6.53. The van der Waals surface area contributed by atoms with Gasteiger partial charge < -0.3 is 13.3 Å². The Morgan fingerprint density at radius 3 is 0.971 bits per heavy atom. The van der Waals surface area contributed by atoms with Gasteiger partial charge in [-0.2, -0.15) is 0 Å². The van der Waals surface area contributed by atoms with E-state index in [1.807, 2.05) is 20.8 Å². The summed E-state index contributed by atoms with van der Waals surface area (Å²) < 4.78 is 17.7. The maximum atomic E-state index is 5.89. The van der Waals surface area contributed by atoms with Gasteiger partial charge in [0.05, 0.1) is 0 Å². The SMILES string of the molecule is CCCCCCCCCCCC[Si](OCC)(OCC)OCC.[CH2]CCCCCCCCCCCC. The van der Waals surface area contributed by atoms with Gasteiger partial charge in [-0.25, -0.2) is 0 Å². The van der Waals surface area contributed by atoms with Crippen molar-refractivity contribution in [2.45, 2.75) is 176 Å². The van der Waals surface area contributed by atoms with Crippen molar-refractivity contribution in [1.29, 1.82) is 0 Å². The molecule has 0 saturated heterocycles. The molecule has 3 nitrogen and oxygen atoms in total. The summed E-state index contributed by atoms with van der Waals surface area (Å²) in [7, 11) is -2.39. The smallest absolute Gasteiger partial charge is 0.374 e. The molecule has 0 amide bonds. The van der Waals surface area contributed by atoms with Crippen molar-refractivity contribution >= 4 is 8.80 Å². The Labute approximate surface area is 224 Å². The van der Waals surface area contributed by atoms with Crippen LogP contribution in [-0.2, 0) is 13.3 Å². The molecule has 213 valence electrons. The summed E-state index contributed by atoms with van der Waals surface area (Å²) in [4.78, 5) is 0. The van der Waals surface area contributed by atoms with Crippen molar-refractivity contribution in [3.63, 3.8) is 0 Å². The van der Waals surface area contributed by atoms with Gasteiger partial charge in [0.15, 0.2) is 0 Å². The van der Waals surface area contributed by atoms with Crippen molar-refractivity contribution in [1.82, 2.24) is 0 Å². The zero-order valence-electron chi connectivity index (χ0n) is 25.1. The molecule has 0 aromatic carbocycles. The first-order valence-electron chi connectivity index (χ1n) is 15.9. The molecule has 35 heavy (non-hydrogen) atoms. The van der Waals surface area contributed by atoms with E-state index < -0.39 is 8.80 Å². The number of hydrogen-bond acceptors (Lipinski definition) is 3. The molecule has 0 unspecified atom stereocenters. The van der Waals surface area contributed by atoms with Gasteiger partial charge in [-0.05, 0) is 27.2 Å². The van der Waals surface area contributed by atoms with Crippen LogP contribution in [-0.4, -0.2) is 28.6 Å². The van der Waals surface area contributed by atoms with Gasteiger partial charge in [0, 0.05) is 25.9 Å². The lowest BCUT2D eigenvalue weighted by Gasteiger charge is -2.28. The highest BCUT2D eigenvalue weighted by molar-refractivity contribution is 6.60. The fraction of sp³-hybridized carbons (Fsp3) is 0.968. The van der Waals surface area contributed by atoms with Crippen molar-refractivity contribution in [3.8, 4) is 0 Å². The summed E-state index contributed by atoms with van der Waals surface area (Å²) in [6, 6.07) is 0.971. The summed E-state index contributed by atoms with van der Waals surface area (Å²) >= 11 is 0. The van der Waals surface area contributed by atoms with E-state index in [4.69, 9.17) is 13.3 Å². The first-order valence-corrected chi connectivity index (χ1v) is 17.8. The van der Waals surface area contributed by atoms with Gasteiger partial charge in [-0.1, -0.05) is 149 Å². The second-order valence-electron chi connectivity index (χ2n) is 9.95. The molecule has 0 aliphatic heterocycles. The van der Waals surface area contributed by atoms with Crippen LogP contribution in [0.2, 0.25) is 6.04 Å². The van der Waals surface area contributed by atoms with Crippen LogP contribution in [0, 0.1) is 6.92 Å². The summed E-state index contributed by atoms with van der Waals surface area (Å²) in [5, 5.41) is 0. The molecule has 0 bridgehead atoms. The predicted molar refractivity (Wildman–Crippen MR) is 159 cm³/mol. The van der Waals surface area contributed by atoms with E-state index in [-0.39, 0.29) is 0 Å². The zero-order chi connectivity index (χ0) is 26.3. The van der Waals surface area contributed by atoms with Gasteiger partial charge in [-0.15, -0.1) is 0 Å². The molecule has 0 atom stereocenters. The van der Waals surface area contributed by atoms with E-state index in [1.165, 1.54) is 128 Å². The molecule has 0 aromatic rings. The second kappa shape index (κ2) is 32.1. The van der Waals surface area contributed by atoms with Crippen molar-refractivity contribution in [3.05, 3.63) is 6.92 Å². The molecule has 0 fully saturated rings. The third-order valence-corrected chi connectivity index (χ3v) is 9.68. The Morgan fingerprint density at radius 1 is 0.400 bits per heavy atom. The van der Waals surface area contributed by atoms with Crippen LogP contribution >= 0.6 is 0 Å². The summed E-state index contributed by atoms with van der Waals surface area (Å²) in [5.74, 6) is 0. The Balaban J connectivity index is 0. The fourth-order valence-corrected chi connectivity index (χ4v) is 7.18. The maximum absolute atomic E-state index is 5.89. The van der Waals surface area contributed by atoms with Crippen LogP contribution in [0.4, 0.5) is 0 Å². The Bertz CT molecular complexity index is 338. The molecular formula is C31H67O3Si. The summed E-state index contributed by atoms with van der Waals surface area (Å²) in [6.07, 6.45) is 28.9. The van der Waals surface area contributed by atoms with Crippen molar-refractivity contribution in [2.75, 3.05) is 19.8 Å². The van der Waals surface area contributed by atoms with Crippen LogP contribution in [0.25, 0.3) is 0 Å². The molecule has 0 heterocycles. The third kappa shape index (κ3) is 28.5. The first kappa shape index (κ1) is 37.2. The monoisotopic (exact) mass is 515 g/mol. The minimum Gasteiger partial charge on any atom is -0.374 e. The number of hydrogen-bond donors (Lipinski definition) is 0. The lowest BCUT2D eigenvalue weighted by atomic mass is 10.1. The molecule has 0 rings (SSSR count). The maximum Gasteiger partial charge on any atom is 0.500 e. The average molecular weight is 516 g/mol. The van der Waals surface area contributed by atoms with E-state index >= 15 is 0 Å². The van der Waals surface area contributed by atoms with Gasteiger partial charge in [0.1, 0.15) is 0 Å². The van der Waals surface area contributed by atoms with Gasteiger partial charge in [0.25, 0.3) is 0 Å². The molecule has 0 spiro atoms. The first-order chi connectivity index (χ1) is 17.2. The Hall–Kier alpha value is 0.0969. The van der Waals surface area contributed by atoms with E-state index in [0.717, 1.165) is 12.5 Å². The molecule has 1 radical (unpaired) electrons. The lowest BCUT2D eigenvalue weighted by molar-refractivity contribution is 0.0706. The van der Waals surface area contributed by atoms with E-state index in [2.05, 4.69) is 20.8 Å². The lowest BCUT2D eigenvalue weighted by Crippen LogP contribution is -2.45. The highest BCUT2D eigenvalue weighted by Crippen LogP contribution is 2.21. The molecular weight excluding hydrogens is 448 g/mol. The molecule has 0 aliphatic carbocycles. The standard InChI is InChI=1S/C18H40O3Si.C13H27/c1-5-9-10-11-12-13-14-15-16-17-18-22(19-6-2,20-7-3)21-8-4;1-3-5-7-9-11-13-12-10-8-6-4-2/h5-18H2,1-4H3;1,3-13H2,2H3. The topological polar surface area (TPSA) is 27.7 Å². The van der Waals surface area contributed by atoms with Crippen LogP contribution in [0.1, 0.15) is 169 Å². The predicted octanol–water partition coefficient (Wildman–Crippen LogP) is 11.1. The van der Waals surface area contributed by atoms with Crippen LogP contribution < -0.4 is 0 Å². The molecule has 4 heteroatoms. The van der Waals surface area contributed by atoms with Crippen molar-refractivity contribution in [2.24, 2.45) is 0 Å². The summed E-state index contributed by atoms with van der Waals surface area (Å²) in [6.45, 7) is 16.5. The normalized spacial score (nSPS) is 11.5. The van der Waals surface area contributed by atoms with Crippen molar-refractivity contribution < 1.29 is 13.3 Å². The number of unbranched alkanes of at least 4 members (excludes halogenated alkanes) is 19. The van der Waals surface area contributed by atoms with Gasteiger partial charge in [-0.3, -0.25) is 0 Å². The average Bonchev–Trinajstić information content (AvgIpc) is 2.85. The minimum absolute atomic E-state index is 0.685. The Kier molecular flexibility index (Phi) is 34.2. The van der Waals surface area contributed by atoms with Crippen LogP contribution in [0.5, 0.6) is 0 Å². The van der Waals surface area contributed by atoms with Gasteiger partial charge in [0.2, 0.25) is 0 Å².